The highest BCUT2D eigenvalue weighted by Gasteiger charge is 2.15. The highest BCUT2D eigenvalue weighted by atomic mass is 35.5. The summed E-state index contributed by atoms with van der Waals surface area (Å²) >= 11 is 5.90. The van der Waals surface area contributed by atoms with Gasteiger partial charge in [-0.05, 0) is 25.1 Å². The lowest BCUT2D eigenvalue weighted by Gasteiger charge is -2.15. The average molecular weight is 326 g/mol. The van der Waals surface area contributed by atoms with E-state index in [1.165, 1.54) is 6.07 Å². The summed E-state index contributed by atoms with van der Waals surface area (Å²) in [5, 5.41) is 2.97. The lowest BCUT2D eigenvalue weighted by atomic mass is 10.1. The number of ether oxygens (including phenoxy) is 1. The first-order chi connectivity index (χ1) is 10.5. The molecule has 1 atom stereocenters. The van der Waals surface area contributed by atoms with E-state index >= 15 is 0 Å². The molecule has 0 heterocycles. The van der Waals surface area contributed by atoms with Crippen LogP contribution in [0.3, 0.4) is 0 Å². The van der Waals surface area contributed by atoms with Gasteiger partial charge in [0.05, 0.1) is 11.1 Å². The molecule has 0 aliphatic rings. The number of rotatable bonds is 5. The molecule has 0 aromatic heterocycles. The molecule has 0 radical (unpaired) electrons. The summed E-state index contributed by atoms with van der Waals surface area (Å²) in [6, 6.07) is 9.36. The summed E-state index contributed by atoms with van der Waals surface area (Å²) in [6.45, 7) is 1.35. The van der Waals surface area contributed by atoms with Gasteiger partial charge in [0.15, 0.2) is 6.61 Å². The first-order valence-electron chi connectivity index (χ1n) is 6.59. The summed E-state index contributed by atoms with van der Waals surface area (Å²) in [6.07, 6.45) is 0. The second kappa shape index (κ2) is 7.22. The molecule has 2 aromatic rings. The minimum atomic E-state index is -0.708. The number of carbonyl (C=O) groups is 1. The third kappa shape index (κ3) is 4.18. The largest absolute Gasteiger partial charge is 0.482 e. The fourth-order valence-electron chi connectivity index (χ4n) is 1.92. The number of halogens is 3. The van der Waals surface area contributed by atoms with Gasteiger partial charge in [-0.2, -0.15) is 0 Å². The maximum Gasteiger partial charge on any atom is 0.258 e. The Hall–Kier alpha value is -2.14. The zero-order chi connectivity index (χ0) is 16.1. The van der Waals surface area contributed by atoms with Gasteiger partial charge in [0.25, 0.3) is 5.91 Å². The molecule has 116 valence electrons. The first kappa shape index (κ1) is 16.2. The SMILES string of the molecule is CC(NC(=O)COc1ccccc1Cl)c1ccc(F)cc1F. The maximum absolute atomic E-state index is 13.6. The molecule has 1 N–H and O–H groups in total. The molecule has 0 aliphatic heterocycles. The number of carbonyl (C=O) groups excluding carboxylic acids is 1. The van der Waals surface area contributed by atoms with Crippen LogP contribution in [0.5, 0.6) is 5.75 Å². The fraction of sp³-hybridized carbons (Fsp3) is 0.188. The van der Waals surface area contributed by atoms with Gasteiger partial charge in [0.1, 0.15) is 17.4 Å². The number of amides is 1. The van der Waals surface area contributed by atoms with Crippen molar-refractivity contribution in [1.82, 2.24) is 5.32 Å². The predicted octanol–water partition coefficient (Wildman–Crippen LogP) is 3.87. The zero-order valence-electron chi connectivity index (χ0n) is 11.8. The molecule has 1 amide bonds. The molecular weight excluding hydrogens is 312 g/mol. The van der Waals surface area contributed by atoms with Crippen molar-refractivity contribution >= 4 is 17.5 Å². The van der Waals surface area contributed by atoms with Crippen molar-refractivity contribution in [2.75, 3.05) is 6.61 Å². The van der Waals surface area contributed by atoms with Crippen molar-refractivity contribution in [1.29, 1.82) is 0 Å². The van der Waals surface area contributed by atoms with Crippen LogP contribution < -0.4 is 10.1 Å². The number of nitrogens with one attached hydrogen (secondary N) is 1. The Morgan fingerprint density at radius 1 is 1.27 bits per heavy atom. The molecule has 0 fully saturated rings. The van der Waals surface area contributed by atoms with Crippen LogP contribution in [-0.4, -0.2) is 12.5 Å². The normalized spacial score (nSPS) is 11.8. The maximum atomic E-state index is 13.6. The molecule has 1 unspecified atom stereocenters. The van der Waals surface area contributed by atoms with Crippen LogP contribution in [0.4, 0.5) is 8.78 Å². The van der Waals surface area contributed by atoms with E-state index in [9.17, 15) is 13.6 Å². The second-order valence-electron chi connectivity index (χ2n) is 4.67. The Balaban J connectivity index is 1.93. The molecule has 0 saturated heterocycles. The fourth-order valence-corrected chi connectivity index (χ4v) is 2.11. The van der Waals surface area contributed by atoms with Crippen molar-refractivity contribution in [2.45, 2.75) is 13.0 Å². The predicted molar refractivity (Wildman–Crippen MR) is 79.9 cm³/mol. The highest BCUT2D eigenvalue weighted by molar-refractivity contribution is 6.32. The van der Waals surface area contributed by atoms with E-state index in [2.05, 4.69) is 5.32 Å². The van der Waals surface area contributed by atoms with Crippen LogP contribution in [-0.2, 0) is 4.79 Å². The van der Waals surface area contributed by atoms with E-state index < -0.39 is 23.6 Å². The minimum Gasteiger partial charge on any atom is -0.482 e. The zero-order valence-corrected chi connectivity index (χ0v) is 12.5. The molecule has 0 bridgehead atoms. The van der Waals surface area contributed by atoms with Gasteiger partial charge in [-0.1, -0.05) is 29.8 Å². The van der Waals surface area contributed by atoms with E-state index in [4.69, 9.17) is 16.3 Å². The van der Waals surface area contributed by atoms with Crippen LogP contribution in [0, 0.1) is 11.6 Å². The summed E-state index contributed by atoms with van der Waals surface area (Å²) in [5.41, 5.74) is 0.201. The van der Waals surface area contributed by atoms with Gasteiger partial charge in [-0.25, -0.2) is 8.78 Å². The summed E-state index contributed by atoms with van der Waals surface area (Å²) in [5.74, 6) is -1.42. The van der Waals surface area contributed by atoms with Crippen LogP contribution >= 0.6 is 11.6 Å². The molecule has 0 aliphatic carbocycles. The quantitative estimate of drug-likeness (QED) is 0.906. The highest BCUT2D eigenvalue weighted by Crippen LogP contribution is 2.23. The van der Waals surface area contributed by atoms with Gasteiger partial charge < -0.3 is 10.1 Å². The standard InChI is InChI=1S/C16H14ClF2NO2/c1-10(12-7-6-11(18)8-14(12)19)20-16(21)9-22-15-5-3-2-4-13(15)17/h2-8,10H,9H2,1H3,(H,20,21). The molecule has 6 heteroatoms. The number of benzene rings is 2. The van der Waals surface area contributed by atoms with E-state index in [-0.39, 0.29) is 12.2 Å². The minimum absolute atomic E-state index is 0.201. The average Bonchev–Trinajstić information content (AvgIpc) is 2.46. The van der Waals surface area contributed by atoms with Crippen molar-refractivity contribution in [2.24, 2.45) is 0 Å². The van der Waals surface area contributed by atoms with Crippen LogP contribution in [0.1, 0.15) is 18.5 Å². The van der Waals surface area contributed by atoms with Crippen LogP contribution in [0.25, 0.3) is 0 Å². The van der Waals surface area contributed by atoms with Gasteiger partial charge in [0.2, 0.25) is 0 Å². The van der Waals surface area contributed by atoms with E-state index in [1.54, 1.807) is 31.2 Å². The van der Waals surface area contributed by atoms with Crippen molar-refractivity contribution < 1.29 is 18.3 Å². The molecule has 3 nitrogen and oxygen atoms in total. The summed E-state index contributed by atoms with van der Waals surface area (Å²) in [7, 11) is 0. The summed E-state index contributed by atoms with van der Waals surface area (Å²) < 4.78 is 31.8. The Kier molecular flexibility index (Phi) is 5.33. The molecule has 22 heavy (non-hydrogen) atoms. The van der Waals surface area contributed by atoms with Gasteiger partial charge >= 0.3 is 0 Å². The van der Waals surface area contributed by atoms with E-state index in [1.807, 2.05) is 0 Å². The van der Waals surface area contributed by atoms with Gasteiger partial charge in [0, 0.05) is 11.6 Å². The first-order valence-corrected chi connectivity index (χ1v) is 6.97. The Morgan fingerprint density at radius 2 is 2.00 bits per heavy atom. The third-order valence-corrected chi connectivity index (χ3v) is 3.31. The molecule has 2 aromatic carbocycles. The Bertz CT molecular complexity index is 679. The number of hydrogen-bond acceptors (Lipinski definition) is 2. The van der Waals surface area contributed by atoms with E-state index in [0.717, 1.165) is 12.1 Å². The molecular formula is C16H14ClF2NO2. The second-order valence-corrected chi connectivity index (χ2v) is 5.08. The number of para-hydroxylation sites is 1. The molecule has 2 rings (SSSR count). The monoisotopic (exact) mass is 325 g/mol. The van der Waals surface area contributed by atoms with Crippen molar-refractivity contribution in [3.63, 3.8) is 0 Å². The lowest BCUT2D eigenvalue weighted by Crippen LogP contribution is -2.31. The Labute approximate surface area is 131 Å². The Morgan fingerprint density at radius 3 is 2.68 bits per heavy atom. The van der Waals surface area contributed by atoms with Crippen molar-refractivity contribution in [3.05, 3.63) is 64.7 Å². The number of hydrogen-bond donors (Lipinski definition) is 1. The van der Waals surface area contributed by atoms with Gasteiger partial charge in [-0.15, -0.1) is 0 Å². The summed E-state index contributed by atoms with van der Waals surface area (Å²) in [4.78, 5) is 11.8. The third-order valence-electron chi connectivity index (χ3n) is 3.00. The molecule has 0 spiro atoms. The topological polar surface area (TPSA) is 38.3 Å². The van der Waals surface area contributed by atoms with Crippen LogP contribution in [0.15, 0.2) is 42.5 Å². The lowest BCUT2D eigenvalue weighted by molar-refractivity contribution is -0.123. The van der Waals surface area contributed by atoms with Gasteiger partial charge in [-0.3, -0.25) is 4.79 Å². The molecule has 0 saturated carbocycles. The van der Waals surface area contributed by atoms with Crippen LogP contribution in [0.2, 0.25) is 5.02 Å². The smallest absolute Gasteiger partial charge is 0.258 e. The van der Waals surface area contributed by atoms with Crippen molar-refractivity contribution in [3.8, 4) is 5.75 Å². The van der Waals surface area contributed by atoms with E-state index in [0.29, 0.717) is 10.8 Å².